The van der Waals surface area contributed by atoms with E-state index in [2.05, 4.69) is 10.6 Å². The Morgan fingerprint density at radius 2 is 1.81 bits per heavy atom. The van der Waals surface area contributed by atoms with E-state index in [9.17, 15) is 22.8 Å². The van der Waals surface area contributed by atoms with Crippen LogP contribution in [0.5, 0.6) is 5.75 Å². The van der Waals surface area contributed by atoms with Crippen LogP contribution in [0.15, 0.2) is 24.3 Å². The Hall–Kier alpha value is -2.25. The summed E-state index contributed by atoms with van der Waals surface area (Å²) in [7, 11) is 0. The summed E-state index contributed by atoms with van der Waals surface area (Å²) < 4.78 is 42.0. The molecule has 2 rings (SSSR count). The molecule has 1 aromatic carbocycles. The van der Waals surface area contributed by atoms with Crippen molar-refractivity contribution in [3.8, 4) is 5.75 Å². The zero-order valence-corrected chi connectivity index (χ0v) is 10.9. The average Bonchev–Trinajstić information content (AvgIpc) is 3.19. The van der Waals surface area contributed by atoms with Crippen molar-refractivity contribution in [2.45, 2.75) is 25.1 Å². The molecule has 0 unspecified atom stereocenters. The van der Waals surface area contributed by atoms with Gasteiger partial charge in [0.2, 0.25) is 0 Å². The van der Waals surface area contributed by atoms with E-state index in [1.165, 1.54) is 0 Å². The molecule has 1 saturated carbocycles. The summed E-state index contributed by atoms with van der Waals surface area (Å²) in [6, 6.07) is 3.45. The fourth-order valence-electron chi connectivity index (χ4n) is 1.50. The van der Waals surface area contributed by atoms with Crippen LogP contribution in [-0.2, 0) is 11.0 Å². The van der Waals surface area contributed by atoms with Gasteiger partial charge in [-0.2, -0.15) is 13.2 Å². The minimum Gasteiger partial charge on any atom is -0.484 e. The quantitative estimate of drug-likeness (QED) is 0.894. The van der Waals surface area contributed by atoms with E-state index in [1.807, 2.05) is 0 Å². The van der Waals surface area contributed by atoms with Crippen LogP contribution in [-0.4, -0.2) is 24.6 Å². The van der Waals surface area contributed by atoms with Crippen LogP contribution >= 0.6 is 0 Å². The summed E-state index contributed by atoms with van der Waals surface area (Å²) in [5, 5.41) is 4.62. The van der Waals surface area contributed by atoms with Crippen molar-refractivity contribution in [1.82, 2.24) is 10.6 Å². The fraction of sp³-hybridized carbons (Fsp3) is 0.385. The van der Waals surface area contributed by atoms with Crippen LogP contribution in [0.3, 0.4) is 0 Å². The number of hydrogen-bond acceptors (Lipinski definition) is 3. The maximum atomic E-state index is 12.3. The number of urea groups is 1. The monoisotopic (exact) mass is 302 g/mol. The Morgan fingerprint density at radius 1 is 1.19 bits per heavy atom. The van der Waals surface area contributed by atoms with Crippen molar-refractivity contribution in [2.24, 2.45) is 0 Å². The lowest BCUT2D eigenvalue weighted by Crippen LogP contribution is -2.42. The van der Waals surface area contributed by atoms with Gasteiger partial charge in [-0.3, -0.25) is 10.1 Å². The first-order valence-corrected chi connectivity index (χ1v) is 6.25. The molecule has 1 fully saturated rings. The van der Waals surface area contributed by atoms with Gasteiger partial charge in [-0.15, -0.1) is 0 Å². The van der Waals surface area contributed by atoms with Gasteiger partial charge in [-0.05, 0) is 37.1 Å². The molecule has 1 aliphatic rings. The third-order valence-electron chi connectivity index (χ3n) is 2.72. The predicted molar refractivity (Wildman–Crippen MR) is 66.6 cm³/mol. The summed E-state index contributed by atoms with van der Waals surface area (Å²) in [6.07, 6.45) is -2.63. The molecule has 114 valence electrons. The second-order valence-electron chi connectivity index (χ2n) is 4.61. The lowest BCUT2D eigenvalue weighted by molar-refractivity contribution is -0.137. The highest BCUT2D eigenvalue weighted by Gasteiger charge is 2.30. The topological polar surface area (TPSA) is 67.4 Å². The fourth-order valence-corrected chi connectivity index (χ4v) is 1.50. The summed E-state index contributed by atoms with van der Waals surface area (Å²) in [4.78, 5) is 22.6. The number of imide groups is 1. The molecule has 3 amide bonds. The number of carbonyl (C=O) groups is 2. The summed E-state index contributed by atoms with van der Waals surface area (Å²) in [5.74, 6) is -0.561. The molecular weight excluding hydrogens is 289 g/mol. The third kappa shape index (κ3) is 4.97. The lowest BCUT2D eigenvalue weighted by Gasteiger charge is -2.09. The largest absolute Gasteiger partial charge is 0.484 e. The Labute approximate surface area is 118 Å². The maximum Gasteiger partial charge on any atom is 0.416 e. The van der Waals surface area contributed by atoms with Crippen molar-refractivity contribution in [3.05, 3.63) is 29.8 Å². The van der Waals surface area contributed by atoms with E-state index in [4.69, 9.17) is 4.74 Å². The molecule has 5 nitrogen and oxygen atoms in total. The smallest absolute Gasteiger partial charge is 0.416 e. The number of halogens is 3. The third-order valence-corrected chi connectivity index (χ3v) is 2.72. The predicted octanol–water partition coefficient (Wildman–Crippen LogP) is 2.07. The van der Waals surface area contributed by atoms with Crippen LogP contribution in [0.1, 0.15) is 18.4 Å². The van der Waals surface area contributed by atoms with Gasteiger partial charge in [0.25, 0.3) is 5.91 Å². The zero-order chi connectivity index (χ0) is 15.5. The first-order chi connectivity index (χ1) is 9.84. The minimum absolute atomic E-state index is 0.112. The highest BCUT2D eigenvalue weighted by Crippen LogP contribution is 2.30. The summed E-state index contributed by atoms with van der Waals surface area (Å²) >= 11 is 0. The van der Waals surface area contributed by atoms with Crippen molar-refractivity contribution in [3.63, 3.8) is 0 Å². The molecule has 0 atom stereocenters. The summed E-state index contributed by atoms with van der Waals surface area (Å²) in [5.41, 5.74) is -0.803. The molecule has 0 bridgehead atoms. The van der Waals surface area contributed by atoms with Gasteiger partial charge in [0.05, 0.1) is 5.56 Å². The van der Waals surface area contributed by atoms with E-state index >= 15 is 0 Å². The lowest BCUT2D eigenvalue weighted by atomic mass is 10.2. The number of alkyl halides is 3. The Bertz CT molecular complexity index is 524. The van der Waals surface area contributed by atoms with Crippen molar-refractivity contribution < 1.29 is 27.5 Å². The highest BCUT2D eigenvalue weighted by atomic mass is 19.4. The second-order valence-corrected chi connectivity index (χ2v) is 4.61. The molecule has 0 heterocycles. The van der Waals surface area contributed by atoms with E-state index in [0.29, 0.717) is 0 Å². The van der Waals surface area contributed by atoms with Crippen molar-refractivity contribution in [2.75, 3.05) is 6.61 Å². The van der Waals surface area contributed by atoms with Gasteiger partial charge < -0.3 is 10.1 Å². The zero-order valence-electron chi connectivity index (χ0n) is 10.9. The first-order valence-electron chi connectivity index (χ1n) is 6.25. The SMILES string of the molecule is O=C(COc1ccc(C(F)(F)F)cc1)NC(=O)NC1CC1. The van der Waals surface area contributed by atoms with Crippen LogP contribution in [0.25, 0.3) is 0 Å². The molecule has 0 saturated heterocycles. The van der Waals surface area contributed by atoms with Gasteiger partial charge in [-0.25, -0.2) is 4.79 Å². The number of rotatable bonds is 4. The number of amides is 3. The molecule has 8 heteroatoms. The molecule has 2 N–H and O–H groups in total. The molecule has 0 spiro atoms. The van der Waals surface area contributed by atoms with Gasteiger partial charge in [0.1, 0.15) is 5.75 Å². The Balaban J connectivity index is 1.76. The van der Waals surface area contributed by atoms with Gasteiger partial charge in [0.15, 0.2) is 6.61 Å². The highest BCUT2D eigenvalue weighted by molar-refractivity contribution is 5.95. The van der Waals surface area contributed by atoms with E-state index in [0.717, 1.165) is 37.1 Å². The number of nitrogens with one attached hydrogen (secondary N) is 2. The average molecular weight is 302 g/mol. The molecule has 21 heavy (non-hydrogen) atoms. The number of carbonyl (C=O) groups excluding carboxylic acids is 2. The maximum absolute atomic E-state index is 12.3. The normalized spacial score (nSPS) is 14.4. The Morgan fingerprint density at radius 3 is 2.33 bits per heavy atom. The molecule has 0 aromatic heterocycles. The molecule has 0 aliphatic heterocycles. The number of hydrogen-bond donors (Lipinski definition) is 2. The van der Waals surface area contributed by atoms with E-state index in [-0.39, 0.29) is 11.8 Å². The van der Waals surface area contributed by atoms with Crippen LogP contribution < -0.4 is 15.4 Å². The first kappa shape index (κ1) is 15.1. The van der Waals surface area contributed by atoms with Crippen molar-refractivity contribution in [1.29, 1.82) is 0 Å². The number of ether oxygens (including phenoxy) is 1. The van der Waals surface area contributed by atoms with E-state index < -0.39 is 30.3 Å². The molecule has 0 radical (unpaired) electrons. The van der Waals surface area contributed by atoms with Crippen LogP contribution in [0, 0.1) is 0 Å². The van der Waals surface area contributed by atoms with Gasteiger partial charge in [-0.1, -0.05) is 0 Å². The van der Waals surface area contributed by atoms with E-state index in [1.54, 1.807) is 0 Å². The Kier molecular flexibility index (Phi) is 4.35. The van der Waals surface area contributed by atoms with Gasteiger partial charge in [0, 0.05) is 6.04 Å². The molecule has 1 aromatic rings. The standard InChI is InChI=1S/C13H13F3N2O3/c14-13(15,16)8-1-5-10(6-2-8)21-7-11(19)18-12(20)17-9-3-4-9/h1-2,5-6,9H,3-4,7H2,(H2,17,18,19,20). The van der Waals surface area contributed by atoms with Crippen molar-refractivity contribution >= 4 is 11.9 Å². The summed E-state index contributed by atoms with van der Waals surface area (Å²) in [6.45, 7) is -0.455. The molecular formula is C13H13F3N2O3. The van der Waals surface area contributed by atoms with Crippen LogP contribution in [0.2, 0.25) is 0 Å². The second kappa shape index (κ2) is 6.02. The van der Waals surface area contributed by atoms with Gasteiger partial charge >= 0.3 is 12.2 Å². The molecule has 1 aliphatic carbocycles. The minimum atomic E-state index is -4.42. The van der Waals surface area contributed by atoms with Crippen LogP contribution in [0.4, 0.5) is 18.0 Å². The number of benzene rings is 1.